The first kappa shape index (κ1) is 18.0. The molecule has 6 heteroatoms. The van der Waals surface area contributed by atoms with Crippen LogP contribution < -0.4 is 5.32 Å². The van der Waals surface area contributed by atoms with E-state index in [2.05, 4.69) is 10.3 Å². The molecule has 1 N–H and O–H groups in total. The molecule has 0 aliphatic rings. The molecular formula is C18H21N3O2S. The molecule has 0 spiro atoms. The van der Waals surface area contributed by atoms with Gasteiger partial charge in [-0.05, 0) is 44.2 Å². The van der Waals surface area contributed by atoms with Gasteiger partial charge < -0.3 is 10.2 Å². The highest BCUT2D eigenvalue weighted by atomic mass is 32.2. The minimum absolute atomic E-state index is 0.0287. The standard InChI is InChI=1S/C18H21N3O2S/c1-3-21(4-2)18(23)14-8-7-9-15(12-14)20-16(22)13-24-17-10-5-6-11-19-17/h5-12H,3-4,13H2,1-2H3,(H,20,22). The van der Waals surface area contributed by atoms with E-state index >= 15 is 0 Å². The Kier molecular flexibility index (Phi) is 6.81. The Hall–Kier alpha value is -2.34. The van der Waals surface area contributed by atoms with Crippen LogP contribution in [0.25, 0.3) is 0 Å². The van der Waals surface area contributed by atoms with Crippen LogP contribution in [0.1, 0.15) is 24.2 Å². The van der Waals surface area contributed by atoms with Crippen LogP contribution >= 0.6 is 11.8 Å². The summed E-state index contributed by atoms with van der Waals surface area (Å²) in [5, 5.41) is 3.63. The summed E-state index contributed by atoms with van der Waals surface area (Å²) in [5.41, 5.74) is 1.20. The largest absolute Gasteiger partial charge is 0.339 e. The van der Waals surface area contributed by atoms with Gasteiger partial charge in [0.25, 0.3) is 5.91 Å². The second-order valence-corrected chi connectivity index (χ2v) is 6.06. The van der Waals surface area contributed by atoms with E-state index in [9.17, 15) is 9.59 Å². The summed E-state index contributed by atoms with van der Waals surface area (Å²) in [7, 11) is 0. The molecule has 0 unspecified atom stereocenters. The lowest BCUT2D eigenvalue weighted by atomic mass is 10.1. The molecule has 0 atom stereocenters. The van der Waals surface area contributed by atoms with E-state index in [0.717, 1.165) is 5.03 Å². The van der Waals surface area contributed by atoms with Gasteiger partial charge in [-0.1, -0.05) is 23.9 Å². The number of hydrogen-bond acceptors (Lipinski definition) is 4. The number of carbonyl (C=O) groups is 2. The molecule has 0 aliphatic carbocycles. The van der Waals surface area contributed by atoms with E-state index in [1.807, 2.05) is 32.0 Å². The second-order valence-electron chi connectivity index (χ2n) is 5.06. The molecule has 24 heavy (non-hydrogen) atoms. The third-order valence-corrected chi connectivity index (χ3v) is 4.38. The zero-order valence-electron chi connectivity index (χ0n) is 13.9. The molecule has 1 aromatic heterocycles. The number of nitrogens with one attached hydrogen (secondary N) is 1. The molecule has 1 aromatic carbocycles. The van der Waals surface area contributed by atoms with Crippen molar-refractivity contribution in [3.05, 3.63) is 54.2 Å². The predicted octanol–water partition coefficient (Wildman–Crippen LogP) is 3.29. The average molecular weight is 343 g/mol. The number of benzene rings is 1. The van der Waals surface area contributed by atoms with Crippen LogP contribution in [0.5, 0.6) is 0 Å². The van der Waals surface area contributed by atoms with E-state index in [1.54, 1.807) is 35.4 Å². The van der Waals surface area contributed by atoms with Crippen molar-refractivity contribution in [2.45, 2.75) is 18.9 Å². The van der Waals surface area contributed by atoms with E-state index in [-0.39, 0.29) is 17.6 Å². The van der Waals surface area contributed by atoms with Crippen molar-refractivity contribution in [1.82, 2.24) is 9.88 Å². The molecule has 0 saturated heterocycles. The minimum Gasteiger partial charge on any atom is -0.339 e. The summed E-state index contributed by atoms with van der Waals surface area (Å²) in [6.45, 7) is 5.21. The molecule has 2 rings (SSSR count). The molecule has 2 amide bonds. The summed E-state index contributed by atoms with van der Waals surface area (Å²) >= 11 is 1.37. The predicted molar refractivity (Wildman–Crippen MR) is 97.3 cm³/mol. The summed E-state index contributed by atoms with van der Waals surface area (Å²) in [4.78, 5) is 30.3. The van der Waals surface area contributed by atoms with Crippen molar-refractivity contribution in [3.63, 3.8) is 0 Å². The Morgan fingerprint density at radius 3 is 2.58 bits per heavy atom. The smallest absolute Gasteiger partial charge is 0.253 e. The maximum absolute atomic E-state index is 12.4. The molecule has 0 aliphatic heterocycles. The van der Waals surface area contributed by atoms with Crippen molar-refractivity contribution in [1.29, 1.82) is 0 Å². The van der Waals surface area contributed by atoms with Gasteiger partial charge in [0.15, 0.2) is 0 Å². The van der Waals surface area contributed by atoms with Gasteiger partial charge in [-0.15, -0.1) is 0 Å². The van der Waals surface area contributed by atoms with Crippen molar-refractivity contribution < 1.29 is 9.59 Å². The third-order valence-electron chi connectivity index (χ3n) is 3.43. The highest BCUT2D eigenvalue weighted by molar-refractivity contribution is 7.99. The van der Waals surface area contributed by atoms with Gasteiger partial charge in [0.1, 0.15) is 0 Å². The Morgan fingerprint density at radius 2 is 1.92 bits per heavy atom. The van der Waals surface area contributed by atoms with Gasteiger partial charge in [0.2, 0.25) is 5.91 Å². The van der Waals surface area contributed by atoms with Crippen molar-refractivity contribution in [2.75, 3.05) is 24.2 Å². The number of anilines is 1. The zero-order valence-corrected chi connectivity index (χ0v) is 14.7. The summed E-state index contributed by atoms with van der Waals surface area (Å²) in [6.07, 6.45) is 1.70. The van der Waals surface area contributed by atoms with Gasteiger partial charge in [0, 0.05) is 30.5 Å². The van der Waals surface area contributed by atoms with E-state index < -0.39 is 0 Å². The number of thioether (sulfide) groups is 1. The van der Waals surface area contributed by atoms with Crippen LogP contribution in [0.4, 0.5) is 5.69 Å². The van der Waals surface area contributed by atoms with E-state index in [1.165, 1.54) is 11.8 Å². The lowest BCUT2D eigenvalue weighted by Gasteiger charge is -2.19. The molecule has 2 aromatic rings. The van der Waals surface area contributed by atoms with Crippen LogP contribution in [-0.4, -0.2) is 40.5 Å². The van der Waals surface area contributed by atoms with E-state index in [4.69, 9.17) is 0 Å². The fourth-order valence-electron chi connectivity index (χ4n) is 2.19. The first-order chi connectivity index (χ1) is 11.6. The van der Waals surface area contributed by atoms with Gasteiger partial charge in [-0.25, -0.2) is 4.98 Å². The monoisotopic (exact) mass is 343 g/mol. The number of rotatable bonds is 7. The van der Waals surface area contributed by atoms with Gasteiger partial charge in [0.05, 0.1) is 10.8 Å². The van der Waals surface area contributed by atoms with Crippen LogP contribution in [0.15, 0.2) is 53.7 Å². The van der Waals surface area contributed by atoms with Gasteiger partial charge in [-0.2, -0.15) is 0 Å². The number of pyridine rings is 1. The van der Waals surface area contributed by atoms with Crippen molar-refractivity contribution in [3.8, 4) is 0 Å². The van der Waals surface area contributed by atoms with Crippen LogP contribution in [0, 0.1) is 0 Å². The molecular weight excluding hydrogens is 322 g/mol. The number of hydrogen-bond donors (Lipinski definition) is 1. The average Bonchev–Trinajstić information content (AvgIpc) is 2.62. The molecule has 0 saturated carbocycles. The van der Waals surface area contributed by atoms with Gasteiger partial charge in [-0.3, -0.25) is 9.59 Å². The Morgan fingerprint density at radius 1 is 1.12 bits per heavy atom. The maximum Gasteiger partial charge on any atom is 0.253 e. The van der Waals surface area contributed by atoms with Crippen LogP contribution in [0.3, 0.4) is 0 Å². The number of nitrogens with zero attached hydrogens (tertiary/aromatic N) is 2. The Labute approximate surface area is 146 Å². The molecule has 126 valence electrons. The minimum atomic E-state index is -0.127. The lowest BCUT2D eigenvalue weighted by Crippen LogP contribution is -2.30. The highest BCUT2D eigenvalue weighted by Crippen LogP contribution is 2.16. The maximum atomic E-state index is 12.4. The first-order valence-electron chi connectivity index (χ1n) is 7.87. The second kappa shape index (κ2) is 9.08. The zero-order chi connectivity index (χ0) is 17.4. The Balaban J connectivity index is 1.96. The summed E-state index contributed by atoms with van der Waals surface area (Å²) in [6, 6.07) is 12.6. The highest BCUT2D eigenvalue weighted by Gasteiger charge is 2.13. The van der Waals surface area contributed by atoms with Crippen molar-refractivity contribution >= 4 is 29.3 Å². The third kappa shape index (κ3) is 5.09. The van der Waals surface area contributed by atoms with E-state index in [0.29, 0.717) is 24.3 Å². The fourth-order valence-corrected chi connectivity index (χ4v) is 2.85. The molecule has 0 radical (unpaired) electrons. The number of amides is 2. The van der Waals surface area contributed by atoms with Crippen LogP contribution in [-0.2, 0) is 4.79 Å². The molecule has 5 nitrogen and oxygen atoms in total. The Bertz CT molecular complexity index is 688. The number of aromatic nitrogens is 1. The number of carbonyl (C=O) groups excluding carboxylic acids is 2. The topological polar surface area (TPSA) is 62.3 Å². The first-order valence-corrected chi connectivity index (χ1v) is 8.85. The van der Waals surface area contributed by atoms with Gasteiger partial charge >= 0.3 is 0 Å². The summed E-state index contributed by atoms with van der Waals surface area (Å²) in [5.74, 6) is 0.114. The molecule has 1 heterocycles. The van der Waals surface area contributed by atoms with Crippen molar-refractivity contribution in [2.24, 2.45) is 0 Å². The molecule has 0 bridgehead atoms. The summed E-state index contributed by atoms with van der Waals surface area (Å²) < 4.78 is 0. The quantitative estimate of drug-likeness (QED) is 0.784. The molecule has 0 fully saturated rings. The normalized spacial score (nSPS) is 10.2. The fraction of sp³-hybridized carbons (Fsp3) is 0.278. The lowest BCUT2D eigenvalue weighted by molar-refractivity contribution is -0.113. The van der Waals surface area contributed by atoms with Crippen LogP contribution in [0.2, 0.25) is 0 Å². The SMILES string of the molecule is CCN(CC)C(=O)c1cccc(NC(=O)CSc2ccccn2)c1.